The molecule has 1 saturated carbocycles. The molecule has 0 saturated heterocycles. The van der Waals surface area contributed by atoms with Crippen LogP contribution in [0.25, 0.3) is 0 Å². The van der Waals surface area contributed by atoms with E-state index in [1.807, 2.05) is 0 Å². The number of hydrogen-bond donors (Lipinski definition) is 2. The number of hydrogen-bond acceptors (Lipinski definition) is 3. The minimum atomic E-state index is -0.509. The lowest BCUT2D eigenvalue weighted by molar-refractivity contribution is 0.113. The van der Waals surface area contributed by atoms with Gasteiger partial charge < -0.3 is 10.2 Å². The van der Waals surface area contributed by atoms with Crippen molar-refractivity contribution in [3.05, 3.63) is 0 Å². The van der Waals surface area contributed by atoms with E-state index in [4.69, 9.17) is 10.2 Å². The molecule has 1 fully saturated rings. The van der Waals surface area contributed by atoms with Crippen molar-refractivity contribution in [2.75, 3.05) is 12.4 Å². The molecule has 0 aromatic rings. The first-order chi connectivity index (χ1) is 4.83. The number of aliphatic hydroxyl groups is 2. The van der Waals surface area contributed by atoms with Crippen LogP contribution < -0.4 is 0 Å². The van der Waals surface area contributed by atoms with Crippen LogP contribution >= 0.6 is 11.8 Å². The van der Waals surface area contributed by atoms with Gasteiger partial charge in [-0.2, -0.15) is 11.8 Å². The Kier molecular flexibility index (Phi) is 3.52. The van der Waals surface area contributed by atoms with Gasteiger partial charge in [-0.3, -0.25) is 0 Å². The van der Waals surface area contributed by atoms with Gasteiger partial charge in [-0.25, -0.2) is 0 Å². The zero-order valence-corrected chi connectivity index (χ0v) is 6.81. The Bertz CT molecular complexity index is 88.9. The molecule has 10 heavy (non-hydrogen) atoms. The van der Waals surface area contributed by atoms with Crippen molar-refractivity contribution in [1.29, 1.82) is 0 Å². The maximum atomic E-state index is 8.96. The largest absolute Gasteiger partial charge is 0.394 e. The summed E-state index contributed by atoms with van der Waals surface area (Å²) in [6, 6.07) is 0. The van der Waals surface area contributed by atoms with Crippen LogP contribution in [0.1, 0.15) is 19.3 Å². The third-order valence-corrected chi connectivity index (χ3v) is 3.31. The van der Waals surface area contributed by atoms with Gasteiger partial charge in [-0.1, -0.05) is 6.42 Å². The Morgan fingerprint density at radius 3 is 2.60 bits per heavy atom. The second-order valence-corrected chi connectivity index (χ2v) is 4.06. The zero-order chi connectivity index (χ0) is 7.40. The molecule has 0 aliphatic heterocycles. The molecule has 1 atom stereocenters. The molecule has 0 bridgehead atoms. The molecule has 0 heterocycles. The van der Waals surface area contributed by atoms with Crippen LogP contribution in [-0.2, 0) is 0 Å². The van der Waals surface area contributed by atoms with Crippen molar-refractivity contribution in [2.24, 2.45) is 0 Å². The summed E-state index contributed by atoms with van der Waals surface area (Å²) < 4.78 is 0. The van der Waals surface area contributed by atoms with Crippen molar-refractivity contribution in [1.82, 2.24) is 0 Å². The van der Waals surface area contributed by atoms with E-state index in [0.29, 0.717) is 5.75 Å². The Morgan fingerprint density at radius 1 is 1.50 bits per heavy atom. The lowest BCUT2D eigenvalue weighted by Crippen LogP contribution is -2.20. The minimum absolute atomic E-state index is 0.0975. The Balaban J connectivity index is 1.93. The molecule has 1 aliphatic rings. The smallest absolute Gasteiger partial charge is 0.0861 e. The highest BCUT2D eigenvalue weighted by Gasteiger charge is 2.18. The lowest BCUT2D eigenvalue weighted by atomic mass is 10.0. The van der Waals surface area contributed by atoms with E-state index >= 15 is 0 Å². The van der Waals surface area contributed by atoms with Crippen LogP contribution in [0.5, 0.6) is 0 Å². The molecule has 0 spiro atoms. The quantitative estimate of drug-likeness (QED) is 0.637. The van der Waals surface area contributed by atoms with E-state index in [9.17, 15) is 0 Å². The Morgan fingerprint density at radius 2 is 2.20 bits per heavy atom. The first kappa shape index (κ1) is 8.37. The van der Waals surface area contributed by atoms with E-state index < -0.39 is 6.10 Å². The molecule has 3 heteroatoms. The monoisotopic (exact) mass is 162 g/mol. The van der Waals surface area contributed by atoms with E-state index in [2.05, 4.69) is 0 Å². The maximum Gasteiger partial charge on any atom is 0.0861 e. The van der Waals surface area contributed by atoms with E-state index in [-0.39, 0.29) is 6.61 Å². The van der Waals surface area contributed by atoms with Crippen LogP contribution in [-0.4, -0.2) is 33.9 Å². The van der Waals surface area contributed by atoms with Gasteiger partial charge in [0.15, 0.2) is 0 Å². The van der Waals surface area contributed by atoms with E-state index in [1.165, 1.54) is 19.3 Å². The van der Waals surface area contributed by atoms with Gasteiger partial charge in [0.2, 0.25) is 0 Å². The normalized spacial score (nSPS) is 22.2. The van der Waals surface area contributed by atoms with Crippen LogP contribution in [0.15, 0.2) is 0 Å². The molecule has 0 aromatic carbocycles. The average molecular weight is 162 g/mol. The van der Waals surface area contributed by atoms with Gasteiger partial charge in [0.05, 0.1) is 12.7 Å². The fourth-order valence-electron chi connectivity index (χ4n) is 0.837. The van der Waals surface area contributed by atoms with Crippen molar-refractivity contribution in [2.45, 2.75) is 30.6 Å². The standard InChI is InChI=1S/C7H14O2S/c8-4-6(9)5-10-7-2-1-3-7/h6-9H,1-5H2. The van der Waals surface area contributed by atoms with Crippen LogP contribution in [0.3, 0.4) is 0 Å². The van der Waals surface area contributed by atoms with Crippen molar-refractivity contribution in [3.63, 3.8) is 0 Å². The summed E-state index contributed by atoms with van der Waals surface area (Å²) in [5.74, 6) is 0.696. The molecule has 0 radical (unpaired) electrons. The van der Waals surface area contributed by atoms with Crippen molar-refractivity contribution >= 4 is 11.8 Å². The van der Waals surface area contributed by atoms with Crippen LogP contribution in [0.2, 0.25) is 0 Å². The highest BCUT2D eigenvalue weighted by atomic mass is 32.2. The highest BCUT2D eigenvalue weighted by Crippen LogP contribution is 2.31. The molecular formula is C7H14O2S. The third kappa shape index (κ3) is 2.48. The zero-order valence-electron chi connectivity index (χ0n) is 5.99. The summed E-state index contributed by atoms with van der Waals surface area (Å²) >= 11 is 1.79. The summed E-state index contributed by atoms with van der Waals surface area (Å²) in [7, 11) is 0. The van der Waals surface area contributed by atoms with E-state index in [1.54, 1.807) is 11.8 Å². The second-order valence-electron chi connectivity index (χ2n) is 2.72. The predicted octanol–water partition coefficient (Wildman–Crippen LogP) is 0.625. The molecule has 1 unspecified atom stereocenters. The molecule has 1 aliphatic carbocycles. The minimum Gasteiger partial charge on any atom is -0.394 e. The summed E-state index contributed by atoms with van der Waals surface area (Å²) in [5.41, 5.74) is 0. The molecule has 1 rings (SSSR count). The van der Waals surface area contributed by atoms with Gasteiger partial charge in [-0.05, 0) is 12.8 Å². The average Bonchev–Trinajstić information content (AvgIpc) is 1.84. The maximum absolute atomic E-state index is 8.96. The van der Waals surface area contributed by atoms with Crippen molar-refractivity contribution < 1.29 is 10.2 Å². The summed E-state index contributed by atoms with van der Waals surface area (Å²) in [6.07, 6.45) is 3.42. The number of rotatable bonds is 4. The highest BCUT2D eigenvalue weighted by molar-refractivity contribution is 8.00. The van der Waals surface area contributed by atoms with Gasteiger partial charge >= 0.3 is 0 Å². The van der Waals surface area contributed by atoms with Crippen molar-refractivity contribution in [3.8, 4) is 0 Å². The molecule has 0 amide bonds. The summed E-state index contributed by atoms with van der Waals surface area (Å²) in [5, 5.41) is 18.2. The lowest BCUT2D eigenvalue weighted by Gasteiger charge is -2.25. The first-order valence-electron chi connectivity index (χ1n) is 3.73. The fourth-order valence-corrected chi connectivity index (χ4v) is 2.10. The molecule has 2 N–H and O–H groups in total. The number of thioether (sulfide) groups is 1. The predicted molar refractivity (Wildman–Crippen MR) is 43.2 cm³/mol. The third-order valence-electron chi connectivity index (χ3n) is 1.79. The van der Waals surface area contributed by atoms with Crippen LogP contribution in [0.4, 0.5) is 0 Å². The molecule has 2 nitrogen and oxygen atoms in total. The first-order valence-corrected chi connectivity index (χ1v) is 4.78. The molecular weight excluding hydrogens is 148 g/mol. The Hall–Kier alpha value is 0.270. The summed E-state index contributed by atoms with van der Waals surface area (Å²) in [4.78, 5) is 0. The van der Waals surface area contributed by atoms with Gasteiger partial charge in [0.1, 0.15) is 0 Å². The Labute approximate surface area is 65.6 Å². The van der Waals surface area contributed by atoms with Gasteiger partial charge in [0, 0.05) is 11.0 Å². The topological polar surface area (TPSA) is 40.5 Å². The molecule has 60 valence electrons. The fraction of sp³-hybridized carbons (Fsp3) is 1.00. The van der Waals surface area contributed by atoms with Gasteiger partial charge in [0.25, 0.3) is 0 Å². The second kappa shape index (κ2) is 4.21. The summed E-state index contributed by atoms with van der Waals surface area (Å²) in [6.45, 7) is -0.0975. The number of aliphatic hydroxyl groups excluding tert-OH is 2. The van der Waals surface area contributed by atoms with Crippen LogP contribution in [0, 0.1) is 0 Å². The SMILES string of the molecule is OCC(O)CSC1CCC1. The van der Waals surface area contributed by atoms with Gasteiger partial charge in [-0.15, -0.1) is 0 Å². The van der Waals surface area contributed by atoms with E-state index in [0.717, 1.165) is 5.25 Å². The molecule has 0 aromatic heterocycles.